The van der Waals surface area contributed by atoms with Gasteiger partial charge in [-0.15, -0.1) is 0 Å². The van der Waals surface area contributed by atoms with Crippen LogP contribution in [-0.4, -0.2) is 65.0 Å². The van der Waals surface area contributed by atoms with Crippen LogP contribution in [0, 0.1) is 0 Å². The number of aliphatic hydroxyl groups is 1. The fourth-order valence-corrected chi connectivity index (χ4v) is 6.57. The highest BCUT2D eigenvalue weighted by atomic mass is 16.3. The number of anilines is 1. The van der Waals surface area contributed by atoms with E-state index in [0.29, 0.717) is 12.3 Å². The first-order valence-corrected chi connectivity index (χ1v) is 12.9. The van der Waals surface area contributed by atoms with Crippen LogP contribution in [0.5, 0.6) is 0 Å². The van der Waals surface area contributed by atoms with Crippen molar-refractivity contribution in [2.24, 2.45) is 0 Å². The van der Waals surface area contributed by atoms with Crippen LogP contribution in [0.4, 0.5) is 5.82 Å². The summed E-state index contributed by atoms with van der Waals surface area (Å²) in [7, 11) is 0. The smallest absolute Gasteiger partial charge is 0.146 e. The lowest BCUT2D eigenvalue weighted by molar-refractivity contribution is -0.121. The van der Waals surface area contributed by atoms with Crippen molar-refractivity contribution in [2.75, 3.05) is 37.6 Å². The number of carbonyl (C=O) groups excluding carboxylic acids is 1. The second-order valence-electron chi connectivity index (χ2n) is 10.6. The average Bonchev–Trinajstić information content (AvgIpc) is 3.50. The Morgan fingerprint density at radius 1 is 1.09 bits per heavy atom. The molecule has 3 heterocycles. The Bertz CT molecular complexity index is 1040. The molecule has 4 aliphatic rings. The van der Waals surface area contributed by atoms with Gasteiger partial charge in [-0.25, -0.2) is 9.97 Å². The summed E-state index contributed by atoms with van der Waals surface area (Å²) in [6.07, 6.45) is 7.69. The van der Waals surface area contributed by atoms with Crippen LogP contribution in [0.2, 0.25) is 0 Å². The molecule has 0 bridgehead atoms. The van der Waals surface area contributed by atoms with Gasteiger partial charge in [0.1, 0.15) is 24.0 Å². The van der Waals surface area contributed by atoms with E-state index in [2.05, 4.69) is 56.3 Å². The lowest BCUT2D eigenvalue weighted by Gasteiger charge is -2.48. The first kappa shape index (κ1) is 22.1. The van der Waals surface area contributed by atoms with Crippen molar-refractivity contribution in [3.63, 3.8) is 0 Å². The molecule has 180 valence electrons. The van der Waals surface area contributed by atoms with Gasteiger partial charge in [-0.05, 0) is 61.6 Å². The normalized spacial score (nSPS) is 29.1. The Morgan fingerprint density at radius 3 is 2.50 bits per heavy atom. The molecular formula is C27H35N5O2. The number of carbonyl (C=O) groups is 1. The van der Waals surface area contributed by atoms with E-state index in [1.54, 1.807) is 6.33 Å². The van der Waals surface area contributed by atoms with E-state index in [9.17, 15) is 9.90 Å². The standard InChI is InChI=1S/C27H35N5O2/c1-18-15-22(34)25-24(18)26(30-17-29-25)31-11-13-32(14-12-31)27(16-33,23-3-2-10-28-23)21-8-6-20(7-9-21)19-4-5-19/h6-9,16-19,22-23,28,34H,2-5,10-15H2,1H3/t18-,22-,23+,27+/m1/s1. The molecule has 0 amide bonds. The summed E-state index contributed by atoms with van der Waals surface area (Å²) in [5.41, 5.74) is 3.74. The van der Waals surface area contributed by atoms with Gasteiger partial charge < -0.3 is 20.1 Å². The van der Waals surface area contributed by atoms with E-state index in [-0.39, 0.29) is 12.0 Å². The van der Waals surface area contributed by atoms with Crippen LogP contribution in [0.25, 0.3) is 0 Å². The predicted octanol–water partition coefficient (Wildman–Crippen LogP) is 2.86. The molecule has 1 aromatic carbocycles. The molecule has 2 saturated heterocycles. The number of piperazine rings is 1. The van der Waals surface area contributed by atoms with Crippen molar-refractivity contribution in [1.82, 2.24) is 20.2 Å². The van der Waals surface area contributed by atoms with Crippen LogP contribution in [0.3, 0.4) is 0 Å². The minimum absolute atomic E-state index is 0.127. The molecule has 1 aromatic heterocycles. The number of fused-ring (bicyclic) bond motifs is 1. The molecular weight excluding hydrogens is 426 g/mol. The first-order valence-electron chi connectivity index (χ1n) is 12.9. The van der Waals surface area contributed by atoms with Gasteiger partial charge in [0.15, 0.2) is 0 Å². The lowest BCUT2D eigenvalue weighted by atomic mass is 9.80. The van der Waals surface area contributed by atoms with Crippen LogP contribution in [-0.2, 0) is 10.3 Å². The van der Waals surface area contributed by atoms with E-state index in [4.69, 9.17) is 0 Å². The summed E-state index contributed by atoms with van der Waals surface area (Å²) in [4.78, 5) is 26.7. The third-order valence-electron chi connectivity index (χ3n) is 8.57. The Morgan fingerprint density at radius 2 is 1.85 bits per heavy atom. The van der Waals surface area contributed by atoms with E-state index in [1.165, 1.54) is 24.7 Å². The third-order valence-corrected chi connectivity index (χ3v) is 8.57. The molecule has 2 N–H and O–H groups in total. The summed E-state index contributed by atoms with van der Waals surface area (Å²) >= 11 is 0. The molecule has 2 aliphatic heterocycles. The molecule has 0 unspecified atom stereocenters. The van der Waals surface area contributed by atoms with Gasteiger partial charge in [0.25, 0.3) is 0 Å². The number of nitrogens with zero attached hydrogens (tertiary/aromatic N) is 4. The quantitative estimate of drug-likeness (QED) is 0.640. The van der Waals surface area contributed by atoms with Crippen LogP contribution >= 0.6 is 0 Å². The minimum atomic E-state index is -0.651. The highest BCUT2D eigenvalue weighted by Crippen LogP contribution is 2.44. The molecule has 2 aromatic rings. The van der Waals surface area contributed by atoms with Crippen molar-refractivity contribution in [3.05, 3.63) is 53.0 Å². The fourth-order valence-electron chi connectivity index (χ4n) is 6.57. The number of hydrogen-bond donors (Lipinski definition) is 2. The Hall–Kier alpha value is -2.35. The summed E-state index contributed by atoms with van der Waals surface area (Å²) in [6.45, 7) is 6.29. The third kappa shape index (κ3) is 3.56. The molecule has 7 heteroatoms. The molecule has 0 radical (unpaired) electrons. The fraction of sp³-hybridized carbons (Fsp3) is 0.593. The second-order valence-corrected chi connectivity index (χ2v) is 10.6. The zero-order chi connectivity index (χ0) is 23.3. The highest BCUT2D eigenvalue weighted by molar-refractivity contribution is 5.70. The average molecular weight is 462 g/mol. The van der Waals surface area contributed by atoms with Crippen molar-refractivity contribution >= 4 is 12.1 Å². The predicted molar refractivity (Wildman–Crippen MR) is 131 cm³/mol. The lowest BCUT2D eigenvalue weighted by Crippen LogP contribution is -2.63. The van der Waals surface area contributed by atoms with Crippen molar-refractivity contribution in [3.8, 4) is 0 Å². The Labute approximate surface area is 201 Å². The number of nitrogens with one attached hydrogen (secondary N) is 1. The number of aromatic nitrogens is 2. The summed E-state index contributed by atoms with van der Waals surface area (Å²) in [6, 6.07) is 9.02. The molecule has 6 rings (SSSR count). The first-order chi connectivity index (χ1) is 16.6. The van der Waals surface area contributed by atoms with Gasteiger partial charge in [0.05, 0.1) is 11.8 Å². The number of rotatable bonds is 6. The van der Waals surface area contributed by atoms with Crippen molar-refractivity contribution in [2.45, 2.75) is 68.5 Å². The van der Waals surface area contributed by atoms with Crippen molar-refractivity contribution < 1.29 is 9.90 Å². The molecule has 3 fully saturated rings. The largest absolute Gasteiger partial charge is 0.387 e. The Balaban J connectivity index is 1.28. The van der Waals surface area contributed by atoms with Gasteiger partial charge in [0.2, 0.25) is 0 Å². The van der Waals surface area contributed by atoms with Crippen LogP contribution in [0.1, 0.15) is 79.4 Å². The van der Waals surface area contributed by atoms with E-state index in [0.717, 1.165) is 68.2 Å². The molecule has 2 aliphatic carbocycles. The molecule has 4 atom stereocenters. The number of aldehydes is 1. The topological polar surface area (TPSA) is 81.6 Å². The monoisotopic (exact) mass is 461 g/mol. The summed E-state index contributed by atoms with van der Waals surface area (Å²) in [5, 5.41) is 14.0. The van der Waals surface area contributed by atoms with E-state index < -0.39 is 11.6 Å². The van der Waals surface area contributed by atoms with E-state index in [1.807, 2.05) is 0 Å². The highest BCUT2D eigenvalue weighted by Gasteiger charge is 2.48. The van der Waals surface area contributed by atoms with Gasteiger partial charge in [0, 0.05) is 37.8 Å². The number of benzene rings is 1. The SMILES string of the molecule is C[C@@H]1C[C@@H](O)c2ncnc(N3CCN([C@@](C=O)(c4ccc(C5CC5)cc4)[C@@H]4CCCN4)CC3)c21. The van der Waals surface area contributed by atoms with Crippen LogP contribution < -0.4 is 10.2 Å². The maximum Gasteiger partial charge on any atom is 0.146 e. The van der Waals surface area contributed by atoms with E-state index >= 15 is 0 Å². The maximum absolute atomic E-state index is 13.0. The molecule has 0 spiro atoms. The molecule has 1 saturated carbocycles. The van der Waals surface area contributed by atoms with Gasteiger partial charge >= 0.3 is 0 Å². The molecule has 7 nitrogen and oxygen atoms in total. The van der Waals surface area contributed by atoms with Crippen LogP contribution in [0.15, 0.2) is 30.6 Å². The van der Waals surface area contributed by atoms with Crippen molar-refractivity contribution in [1.29, 1.82) is 0 Å². The van der Waals surface area contributed by atoms with Gasteiger partial charge in [-0.1, -0.05) is 31.2 Å². The zero-order valence-electron chi connectivity index (χ0n) is 20.0. The summed E-state index contributed by atoms with van der Waals surface area (Å²) < 4.78 is 0. The summed E-state index contributed by atoms with van der Waals surface area (Å²) in [5.74, 6) is 1.92. The van der Waals surface area contributed by atoms with Gasteiger partial charge in [-0.3, -0.25) is 4.90 Å². The van der Waals surface area contributed by atoms with Gasteiger partial charge in [-0.2, -0.15) is 0 Å². The Kier molecular flexibility index (Phi) is 5.66. The number of hydrogen-bond acceptors (Lipinski definition) is 7. The minimum Gasteiger partial charge on any atom is -0.387 e. The molecule has 34 heavy (non-hydrogen) atoms. The zero-order valence-corrected chi connectivity index (χ0v) is 20.0. The number of aliphatic hydroxyl groups excluding tert-OH is 1. The second kappa shape index (κ2) is 8.70. The maximum atomic E-state index is 13.0.